The van der Waals surface area contributed by atoms with Gasteiger partial charge in [0.05, 0.1) is 0 Å². The molecule has 2 aliphatic rings. The third-order valence-electron chi connectivity index (χ3n) is 3.71. The molecule has 2 atom stereocenters. The van der Waals surface area contributed by atoms with Crippen molar-refractivity contribution in [2.24, 2.45) is 11.7 Å². The molecular formula is C12H19N3O3. The molecule has 2 fully saturated rings. The molecule has 0 aromatic carbocycles. The molecule has 3 N–H and O–H groups in total. The summed E-state index contributed by atoms with van der Waals surface area (Å²) >= 11 is 0. The number of hydrogen-bond donors (Lipinski definition) is 2. The molecule has 0 spiro atoms. The van der Waals surface area contributed by atoms with Crippen molar-refractivity contribution in [3.05, 3.63) is 0 Å². The highest BCUT2D eigenvalue weighted by Gasteiger charge is 2.30. The van der Waals surface area contributed by atoms with Crippen LogP contribution in [0, 0.1) is 5.92 Å². The van der Waals surface area contributed by atoms with Crippen LogP contribution in [0.5, 0.6) is 0 Å². The Labute approximate surface area is 106 Å². The minimum absolute atomic E-state index is 0.0213. The van der Waals surface area contributed by atoms with E-state index >= 15 is 0 Å². The quantitative estimate of drug-likeness (QED) is 0.641. The average molecular weight is 253 g/mol. The molecule has 0 radical (unpaired) electrons. The van der Waals surface area contributed by atoms with Crippen LogP contribution in [0.1, 0.15) is 32.1 Å². The van der Waals surface area contributed by atoms with E-state index in [2.05, 4.69) is 5.32 Å². The standard InChI is InChI=1S/C12H19N3O3/c13-9-4-2-1-3-8(9)5-12(18)15-6-10(16)14-11(17)7-15/h8-9H,1-7,13H2,(H,14,16,17). The molecule has 1 aliphatic heterocycles. The largest absolute Gasteiger partial charge is 0.327 e. The van der Waals surface area contributed by atoms with Gasteiger partial charge in [0.1, 0.15) is 13.1 Å². The first-order chi connectivity index (χ1) is 8.56. The first-order valence-electron chi connectivity index (χ1n) is 6.42. The molecular weight excluding hydrogens is 234 g/mol. The number of carbonyl (C=O) groups excluding carboxylic acids is 3. The number of nitrogens with one attached hydrogen (secondary N) is 1. The molecule has 1 saturated heterocycles. The lowest BCUT2D eigenvalue weighted by Gasteiger charge is -2.31. The van der Waals surface area contributed by atoms with E-state index < -0.39 is 11.8 Å². The van der Waals surface area contributed by atoms with Gasteiger partial charge in [-0.2, -0.15) is 0 Å². The van der Waals surface area contributed by atoms with E-state index in [1.165, 1.54) is 4.90 Å². The maximum Gasteiger partial charge on any atom is 0.246 e. The molecule has 18 heavy (non-hydrogen) atoms. The van der Waals surface area contributed by atoms with Gasteiger partial charge in [-0.3, -0.25) is 19.7 Å². The molecule has 0 bridgehead atoms. The van der Waals surface area contributed by atoms with Gasteiger partial charge >= 0.3 is 0 Å². The van der Waals surface area contributed by atoms with Crippen molar-refractivity contribution < 1.29 is 14.4 Å². The van der Waals surface area contributed by atoms with Crippen LogP contribution >= 0.6 is 0 Å². The lowest BCUT2D eigenvalue weighted by molar-refractivity contribution is -0.146. The van der Waals surface area contributed by atoms with E-state index in [0.29, 0.717) is 6.42 Å². The van der Waals surface area contributed by atoms with Crippen LogP contribution in [0.25, 0.3) is 0 Å². The van der Waals surface area contributed by atoms with Gasteiger partial charge in [-0.1, -0.05) is 12.8 Å². The third-order valence-corrected chi connectivity index (χ3v) is 3.71. The fourth-order valence-electron chi connectivity index (χ4n) is 2.66. The molecule has 3 amide bonds. The van der Waals surface area contributed by atoms with Gasteiger partial charge in [0.2, 0.25) is 17.7 Å². The van der Waals surface area contributed by atoms with Crippen LogP contribution in [0.2, 0.25) is 0 Å². The van der Waals surface area contributed by atoms with E-state index in [-0.39, 0.29) is 31.0 Å². The van der Waals surface area contributed by atoms with E-state index in [1.807, 2.05) is 0 Å². The second-order valence-electron chi connectivity index (χ2n) is 5.13. The Morgan fingerprint density at radius 2 is 1.83 bits per heavy atom. The van der Waals surface area contributed by atoms with Gasteiger partial charge in [0.25, 0.3) is 0 Å². The summed E-state index contributed by atoms with van der Waals surface area (Å²) in [6, 6.07) is 0.0667. The van der Waals surface area contributed by atoms with Crippen molar-refractivity contribution in [3.8, 4) is 0 Å². The first kappa shape index (κ1) is 13.0. The highest BCUT2D eigenvalue weighted by atomic mass is 16.2. The molecule has 2 unspecified atom stereocenters. The van der Waals surface area contributed by atoms with Gasteiger partial charge < -0.3 is 10.6 Å². The van der Waals surface area contributed by atoms with E-state index in [4.69, 9.17) is 5.73 Å². The molecule has 100 valence electrons. The van der Waals surface area contributed by atoms with E-state index in [9.17, 15) is 14.4 Å². The Bertz CT molecular complexity index is 354. The van der Waals surface area contributed by atoms with Gasteiger partial charge in [0, 0.05) is 12.5 Å². The first-order valence-corrected chi connectivity index (χ1v) is 6.42. The highest BCUT2D eigenvalue weighted by molar-refractivity contribution is 6.02. The van der Waals surface area contributed by atoms with Gasteiger partial charge in [-0.25, -0.2) is 0 Å². The molecule has 0 aromatic rings. The summed E-state index contributed by atoms with van der Waals surface area (Å²) < 4.78 is 0. The van der Waals surface area contributed by atoms with Crippen LogP contribution in [-0.2, 0) is 14.4 Å². The minimum atomic E-state index is -0.410. The second-order valence-corrected chi connectivity index (χ2v) is 5.13. The molecule has 6 nitrogen and oxygen atoms in total. The number of rotatable bonds is 2. The van der Waals surface area contributed by atoms with Crippen molar-refractivity contribution in [1.29, 1.82) is 0 Å². The van der Waals surface area contributed by atoms with Gasteiger partial charge in [-0.05, 0) is 18.8 Å². The normalized spacial score (nSPS) is 29.1. The van der Waals surface area contributed by atoms with Gasteiger partial charge in [0.15, 0.2) is 0 Å². The Balaban J connectivity index is 1.90. The molecule has 1 aliphatic carbocycles. The molecule has 1 saturated carbocycles. The summed E-state index contributed by atoms with van der Waals surface area (Å²) in [5.74, 6) is -0.771. The van der Waals surface area contributed by atoms with Crippen molar-refractivity contribution in [2.45, 2.75) is 38.1 Å². The summed E-state index contributed by atoms with van der Waals surface area (Å²) in [6.45, 7) is -0.0426. The number of piperazine rings is 1. The zero-order valence-corrected chi connectivity index (χ0v) is 10.4. The Hall–Kier alpha value is -1.43. The highest BCUT2D eigenvalue weighted by Crippen LogP contribution is 2.26. The Morgan fingerprint density at radius 1 is 1.22 bits per heavy atom. The number of nitrogens with two attached hydrogens (primary N) is 1. The average Bonchev–Trinajstić information content (AvgIpc) is 2.31. The topological polar surface area (TPSA) is 92.5 Å². The van der Waals surface area contributed by atoms with Crippen molar-refractivity contribution >= 4 is 17.7 Å². The summed E-state index contributed by atoms with van der Waals surface area (Å²) in [5, 5.41) is 2.18. The Kier molecular flexibility index (Phi) is 3.96. The van der Waals surface area contributed by atoms with Crippen LogP contribution in [0.4, 0.5) is 0 Å². The number of amides is 3. The fraction of sp³-hybridized carbons (Fsp3) is 0.750. The number of hydrogen-bond acceptors (Lipinski definition) is 4. The zero-order valence-electron chi connectivity index (χ0n) is 10.4. The smallest absolute Gasteiger partial charge is 0.246 e. The van der Waals surface area contributed by atoms with Crippen LogP contribution in [-0.4, -0.2) is 41.8 Å². The maximum atomic E-state index is 12.0. The number of imide groups is 1. The summed E-state index contributed by atoms with van der Waals surface area (Å²) in [5.41, 5.74) is 5.99. The van der Waals surface area contributed by atoms with Crippen LogP contribution < -0.4 is 11.1 Å². The predicted octanol–water partition coefficient (Wildman–Crippen LogP) is -0.621. The third kappa shape index (κ3) is 3.07. The lowest BCUT2D eigenvalue weighted by atomic mass is 9.82. The zero-order chi connectivity index (χ0) is 13.1. The van der Waals surface area contributed by atoms with Crippen molar-refractivity contribution in [3.63, 3.8) is 0 Å². The number of carbonyl (C=O) groups is 3. The summed E-state index contributed by atoms with van der Waals surface area (Å²) in [6.07, 6.45) is 4.49. The summed E-state index contributed by atoms with van der Waals surface area (Å²) in [7, 11) is 0. The fourth-order valence-corrected chi connectivity index (χ4v) is 2.66. The van der Waals surface area contributed by atoms with E-state index in [1.54, 1.807) is 0 Å². The second kappa shape index (κ2) is 5.48. The SMILES string of the molecule is NC1CCCCC1CC(=O)N1CC(=O)NC(=O)C1. The lowest BCUT2D eigenvalue weighted by Crippen LogP contribution is -2.54. The van der Waals surface area contributed by atoms with Crippen LogP contribution in [0.3, 0.4) is 0 Å². The molecule has 2 rings (SSSR count). The van der Waals surface area contributed by atoms with Gasteiger partial charge in [-0.15, -0.1) is 0 Å². The predicted molar refractivity (Wildman–Crippen MR) is 64.3 cm³/mol. The summed E-state index contributed by atoms with van der Waals surface area (Å²) in [4.78, 5) is 35.8. The van der Waals surface area contributed by atoms with Crippen molar-refractivity contribution in [2.75, 3.05) is 13.1 Å². The maximum absolute atomic E-state index is 12.0. The Morgan fingerprint density at radius 3 is 2.44 bits per heavy atom. The monoisotopic (exact) mass is 253 g/mol. The van der Waals surface area contributed by atoms with E-state index in [0.717, 1.165) is 25.7 Å². The molecule has 6 heteroatoms. The molecule has 0 aromatic heterocycles. The van der Waals surface area contributed by atoms with Crippen molar-refractivity contribution in [1.82, 2.24) is 10.2 Å². The number of nitrogens with zero attached hydrogens (tertiary/aromatic N) is 1. The minimum Gasteiger partial charge on any atom is -0.327 e. The van der Waals surface area contributed by atoms with Crippen LogP contribution in [0.15, 0.2) is 0 Å². The molecule has 1 heterocycles.